The molecule has 3 aromatic rings. The van der Waals surface area contributed by atoms with E-state index in [1.165, 1.54) is 0 Å². The van der Waals surface area contributed by atoms with Crippen molar-refractivity contribution in [2.24, 2.45) is 0 Å². The van der Waals surface area contributed by atoms with Gasteiger partial charge in [-0.3, -0.25) is 9.59 Å². The molecule has 0 fully saturated rings. The Bertz CT molecular complexity index is 1260. The summed E-state index contributed by atoms with van der Waals surface area (Å²) in [5.41, 5.74) is 1.33. The molecule has 0 spiro atoms. The van der Waals surface area contributed by atoms with Crippen LogP contribution < -0.4 is 10.2 Å². The van der Waals surface area contributed by atoms with E-state index >= 15 is 0 Å². The number of hydrogen-bond acceptors (Lipinski definition) is 3. The Morgan fingerprint density at radius 3 is 2.19 bits per heavy atom. The maximum atomic E-state index is 14.4. The van der Waals surface area contributed by atoms with Gasteiger partial charge in [0.15, 0.2) is 0 Å². The first-order chi connectivity index (χ1) is 14.8. The molecule has 31 heavy (non-hydrogen) atoms. The maximum Gasteiger partial charge on any atom is 0.282 e. The average molecular weight is 459 g/mol. The minimum Gasteiger partial charge on any atom is -0.350 e. The Balaban J connectivity index is 1.87. The van der Waals surface area contributed by atoms with Crippen molar-refractivity contribution >= 4 is 52.0 Å². The van der Waals surface area contributed by atoms with Crippen molar-refractivity contribution in [1.29, 1.82) is 0 Å². The van der Waals surface area contributed by atoms with Gasteiger partial charge in [-0.05, 0) is 54.4 Å². The maximum absolute atomic E-state index is 14.4. The summed E-state index contributed by atoms with van der Waals surface area (Å²) in [5, 5.41) is 3.86. The number of hydrogen-bond donors (Lipinski definition) is 1. The fourth-order valence-corrected chi connectivity index (χ4v) is 3.57. The second-order valence-corrected chi connectivity index (χ2v) is 7.76. The smallest absolute Gasteiger partial charge is 0.282 e. The molecule has 4 nitrogen and oxygen atoms in total. The van der Waals surface area contributed by atoms with Gasteiger partial charge in [-0.15, -0.1) is 0 Å². The number of aryl methyl sites for hydroxylation is 1. The van der Waals surface area contributed by atoms with E-state index < -0.39 is 23.4 Å². The molecule has 0 saturated carbocycles. The molecule has 0 aliphatic carbocycles. The summed E-state index contributed by atoms with van der Waals surface area (Å²) >= 11 is 12.0. The minimum absolute atomic E-state index is 0.0322. The largest absolute Gasteiger partial charge is 0.350 e. The molecule has 8 heteroatoms. The molecule has 4 rings (SSSR count). The first-order valence-corrected chi connectivity index (χ1v) is 9.89. The lowest BCUT2D eigenvalue weighted by molar-refractivity contribution is -0.120. The number of amides is 2. The molecular formula is C23H14Cl2F2N2O2. The molecule has 2 amide bonds. The third kappa shape index (κ3) is 3.92. The van der Waals surface area contributed by atoms with Crippen LogP contribution in [0.2, 0.25) is 10.0 Å². The van der Waals surface area contributed by atoms with Crippen LogP contribution in [0.4, 0.5) is 20.2 Å². The molecule has 156 valence electrons. The molecule has 0 bridgehead atoms. The van der Waals surface area contributed by atoms with Crippen LogP contribution >= 0.6 is 23.2 Å². The summed E-state index contributed by atoms with van der Waals surface area (Å²) in [6.45, 7) is 1.81. The van der Waals surface area contributed by atoms with Gasteiger partial charge in [0.1, 0.15) is 17.3 Å². The van der Waals surface area contributed by atoms with Crippen molar-refractivity contribution in [3.63, 3.8) is 0 Å². The van der Waals surface area contributed by atoms with Crippen molar-refractivity contribution in [2.75, 3.05) is 10.2 Å². The van der Waals surface area contributed by atoms with E-state index in [0.717, 1.165) is 17.7 Å². The standard InChI is InChI=1S/C23H14Cl2F2N2O2/c1-12-2-5-15(25)10-18(12)28-21-20(13-3-6-14(24)7-4-13)22(30)29(23(21)31)19-9-8-16(26)11-17(19)27/h2-11,28H,1H3. The highest BCUT2D eigenvalue weighted by Crippen LogP contribution is 2.36. The fraction of sp³-hybridized carbons (Fsp3) is 0.0435. The third-order valence-corrected chi connectivity index (χ3v) is 5.31. The molecule has 1 aliphatic heterocycles. The Hall–Kier alpha value is -3.22. The van der Waals surface area contributed by atoms with Crippen molar-refractivity contribution in [1.82, 2.24) is 0 Å². The predicted molar refractivity (Wildman–Crippen MR) is 117 cm³/mol. The summed E-state index contributed by atoms with van der Waals surface area (Å²) < 4.78 is 27.8. The van der Waals surface area contributed by atoms with Gasteiger partial charge in [0.2, 0.25) is 0 Å². The molecular weight excluding hydrogens is 445 g/mol. The zero-order chi connectivity index (χ0) is 22.3. The average Bonchev–Trinajstić information content (AvgIpc) is 2.96. The highest BCUT2D eigenvalue weighted by atomic mass is 35.5. The van der Waals surface area contributed by atoms with Crippen LogP contribution in [0, 0.1) is 18.6 Å². The molecule has 1 heterocycles. The van der Waals surface area contributed by atoms with Crippen molar-refractivity contribution < 1.29 is 18.4 Å². The van der Waals surface area contributed by atoms with Gasteiger partial charge in [-0.2, -0.15) is 0 Å². The van der Waals surface area contributed by atoms with Crippen molar-refractivity contribution in [3.05, 3.63) is 99.2 Å². The number of carbonyl (C=O) groups excluding carboxylic acids is 2. The summed E-state index contributed by atoms with van der Waals surface area (Å²) in [4.78, 5) is 27.2. The number of imide groups is 1. The molecule has 0 unspecified atom stereocenters. The van der Waals surface area contributed by atoms with Crippen molar-refractivity contribution in [2.45, 2.75) is 6.92 Å². The minimum atomic E-state index is -1.03. The Labute approximate surface area is 186 Å². The Morgan fingerprint density at radius 2 is 1.52 bits per heavy atom. The molecule has 0 atom stereocenters. The van der Waals surface area contributed by atoms with Gasteiger partial charge in [0.25, 0.3) is 11.8 Å². The van der Waals surface area contributed by atoms with E-state index in [9.17, 15) is 18.4 Å². The van der Waals surface area contributed by atoms with Crippen LogP contribution in [-0.2, 0) is 9.59 Å². The molecule has 3 aromatic carbocycles. The number of nitrogens with zero attached hydrogens (tertiary/aromatic N) is 1. The summed E-state index contributed by atoms with van der Waals surface area (Å²) in [6, 6.07) is 14.0. The lowest BCUT2D eigenvalue weighted by atomic mass is 10.0. The van der Waals surface area contributed by atoms with Crippen LogP contribution in [0.1, 0.15) is 11.1 Å². The molecule has 0 saturated heterocycles. The van der Waals surface area contributed by atoms with Crippen LogP contribution in [-0.4, -0.2) is 11.8 Å². The topological polar surface area (TPSA) is 49.4 Å². The summed E-state index contributed by atoms with van der Waals surface area (Å²) in [5.74, 6) is -3.38. The second kappa shape index (κ2) is 8.13. The molecule has 1 N–H and O–H groups in total. The quantitative estimate of drug-likeness (QED) is 0.489. The predicted octanol–water partition coefficient (Wildman–Crippen LogP) is 5.98. The van der Waals surface area contributed by atoms with E-state index in [0.29, 0.717) is 32.3 Å². The van der Waals surface area contributed by atoms with Gasteiger partial charge in [0, 0.05) is 21.8 Å². The Kier molecular flexibility index (Phi) is 5.52. The summed E-state index contributed by atoms with van der Waals surface area (Å²) in [6.07, 6.45) is 0. The van der Waals surface area contributed by atoms with Gasteiger partial charge in [-0.25, -0.2) is 13.7 Å². The van der Waals surface area contributed by atoms with Crippen LogP contribution in [0.5, 0.6) is 0 Å². The van der Waals surface area contributed by atoms with Crippen LogP contribution in [0.25, 0.3) is 5.57 Å². The first kappa shape index (κ1) is 21.0. The highest BCUT2D eigenvalue weighted by Gasteiger charge is 2.41. The molecule has 0 aromatic heterocycles. The number of carbonyl (C=O) groups is 2. The van der Waals surface area contributed by atoms with Gasteiger partial charge >= 0.3 is 0 Å². The SMILES string of the molecule is Cc1ccc(Cl)cc1NC1=C(c2ccc(Cl)cc2)C(=O)N(c2ccc(F)cc2F)C1=O. The highest BCUT2D eigenvalue weighted by molar-refractivity contribution is 6.46. The van der Waals surface area contributed by atoms with Crippen LogP contribution in [0.3, 0.4) is 0 Å². The molecule has 0 radical (unpaired) electrons. The zero-order valence-corrected chi connectivity index (χ0v) is 17.6. The Morgan fingerprint density at radius 1 is 0.839 bits per heavy atom. The number of benzene rings is 3. The number of halogens is 4. The van der Waals surface area contributed by atoms with E-state index in [1.54, 1.807) is 49.4 Å². The second-order valence-electron chi connectivity index (χ2n) is 6.88. The zero-order valence-electron chi connectivity index (χ0n) is 16.0. The fourth-order valence-electron chi connectivity index (χ4n) is 3.28. The summed E-state index contributed by atoms with van der Waals surface area (Å²) in [7, 11) is 0. The lowest BCUT2D eigenvalue weighted by Gasteiger charge is -2.16. The number of nitrogens with one attached hydrogen (secondary N) is 1. The van der Waals surface area contributed by atoms with E-state index in [2.05, 4.69) is 5.32 Å². The van der Waals surface area contributed by atoms with Gasteiger partial charge in [0.05, 0.1) is 11.3 Å². The van der Waals surface area contributed by atoms with E-state index in [1.807, 2.05) is 0 Å². The number of anilines is 2. The van der Waals surface area contributed by atoms with Crippen molar-refractivity contribution in [3.8, 4) is 0 Å². The van der Waals surface area contributed by atoms with Crippen LogP contribution in [0.15, 0.2) is 66.4 Å². The number of rotatable bonds is 4. The molecule has 1 aliphatic rings. The van der Waals surface area contributed by atoms with E-state index in [4.69, 9.17) is 23.2 Å². The third-order valence-electron chi connectivity index (χ3n) is 4.83. The van der Waals surface area contributed by atoms with Gasteiger partial charge < -0.3 is 5.32 Å². The van der Waals surface area contributed by atoms with E-state index in [-0.39, 0.29) is 17.0 Å². The monoisotopic (exact) mass is 458 g/mol. The normalized spacial score (nSPS) is 13.9. The lowest BCUT2D eigenvalue weighted by Crippen LogP contribution is -2.33. The first-order valence-electron chi connectivity index (χ1n) is 9.13. The van der Waals surface area contributed by atoms with Gasteiger partial charge in [-0.1, -0.05) is 41.4 Å².